The van der Waals surface area contributed by atoms with Crippen LogP contribution in [0.3, 0.4) is 0 Å². The normalized spacial score (nSPS) is 15.6. The zero-order valence-corrected chi connectivity index (χ0v) is 16.6. The van der Waals surface area contributed by atoms with E-state index in [0.29, 0.717) is 5.52 Å². The van der Waals surface area contributed by atoms with Crippen LogP contribution in [0.2, 0.25) is 0 Å². The average Bonchev–Trinajstić information content (AvgIpc) is 3.10. The first kappa shape index (κ1) is 18.8. The highest BCUT2D eigenvalue weighted by atomic mass is 19.1. The Morgan fingerprint density at radius 3 is 2.60 bits per heavy atom. The van der Waals surface area contributed by atoms with Gasteiger partial charge in [-0.25, -0.2) is 9.18 Å². The number of rotatable bonds is 4. The summed E-state index contributed by atoms with van der Waals surface area (Å²) in [4.78, 5) is 22.5. The van der Waals surface area contributed by atoms with E-state index >= 15 is 0 Å². The van der Waals surface area contributed by atoms with E-state index < -0.39 is 0 Å². The minimum Gasteiger partial charge on any atom is -0.305 e. The first-order valence-corrected chi connectivity index (χ1v) is 10.3. The fourth-order valence-electron chi connectivity index (χ4n) is 4.37. The summed E-state index contributed by atoms with van der Waals surface area (Å²) in [5.74, 6) is -0.337. The van der Waals surface area contributed by atoms with E-state index in [1.807, 2.05) is 24.3 Å². The third kappa shape index (κ3) is 3.66. The van der Waals surface area contributed by atoms with E-state index in [-0.39, 0.29) is 17.5 Å². The van der Waals surface area contributed by atoms with E-state index in [1.54, 1.807) is 10.6 Å². The summed E-state index contributed by atoms with van der Waals surface area (Å²) in [7, 11) is 0. The number of aromatic nitrogens is 3. The van der Waals surface area contributed by atoms with Crippen molar-refractivity contribution in [2.45, 2.75) is 25.4 Å². The number of benzene rings is 2. The molecule has 0 atom stereocenters. The lowest BCUT2D eigenvalue weighted by molar-refractivity contribution is 0.178. The predicted octanol–water partition coefficient (Wildman–Crippen LogP) is 4.37. The van der Waals surface area contributed by atoms with Gasteiger partial charge in [0.15, 0.2) is 0 Å². The van der Waals surface area contributed by atoms with Crippen molar-refractivity contribution < 1.29 is 4.39 Å². The molecule has 3 heterocycles. The summed E-state index contributed by atoms with van der Waals surface area (Å²) in [6.45, 7) is 2.58. The quantitative estimate of drug-likeness (QED) is 0.552. The fourth-order valence-corrected chi connectivity index (χ4v) is 4.37. The highest BCUT2D eigenvalue weighted by Gasteiger charge is 2.24. The molecule has 0 aliphatic carbocycles. The SMILES string of the molecule is O=c1[nH]c2cc(F)ccc2n1C1CCN(Cc2cccc(-c3ccccc3)n2)CC1. The molecule has 0 radical (unpaired) electrons. The Hall–Kier alpha value is -3.25. The number of likely N-dealkylation sites (tertiary alicyclic amines) is 1. The molecule has 1 saturated heterocycles. The van der Waals surface area contributed by atoms with Crippen molar-refractivity contribution in [3.63, 3.8) is 0 Å². The second kappa shape index (κ2) is 7.88. The summed E-state index contributed by atoms with van der Waals surface area (Å²) in [6, 6.07) is 21.0. The zero-order chi connectivity index (χ0) is 20.5. The van der Waals surface area contributed by atoms with Crippen LogP contribution in [0.1, 0.15) is 24.6 Å². The van der Waals surface area contributed by atoms with Gasteiger partial charge >= 0.3 is 5.69 Å². The number of halogens is 1. The van der Waals surface area contributed by atoms with E-state index in [2.05, 4.69) is 34.1 Å². The van der Waals surface area contributed by atoms with Crippen molar-refractivity contribution >= 4 is 11.0 Å². The molecule has 1 fully saturated rings. The van der Waals surface area contributed by atoms with Crippen LogP contribution >= 0.6 is 0 Å². The molecule has 30 heavy (non-hydrogen) atoms. The number of piperidine rings is 1. The van der Waals surface area contributed by atoms with Gasteiger partial charge in [-0.1, -0.05) is 36.4 Å². The Labute approximate surface area is 173 Å². The minimum atomic E-state index is -0.337. The number of imidazole rings is 1. The molecule has 6 heteroatoms. The topological polar surface area (TPSA) is 53.9 Å². The summed E-state index contributed by atoms with van der Waals surface area (Å²) in [5, 5.41) is 0. The lowest BCUT2D eigenvalue weighted by Gasteiger charge is -2.32. The maximum Gasteiger partial charge on any atom is 0.326 e. The number of nitrogens with zero attached hydrogens (tertiary/aromatic N) is 3. The molecule has 1 N–H and O–H groups in total. The van der Waals surface area contributed by atoms with Crippen molar-refractivity contribution in [1.29, 1.82) is 0 Å². The fraction of sp³-hybridized carbons (Fsp3) is 0.250. The van der Waals surface area contributed by atoms with Gasteiger partial charge in [0.2, 0.25) is 0 Å². The number of hydrogen-bond acceptors (Lipinski definition) is 3. The lowest BCUT2D eigenvalue weighted by atomic mass is 10.0. The first-order valence-electron chi connectivity index (χ1n) is 10.3. The third-order valence-electron chi connectivity index (χ3n) is 5.86. The van der Waals surface area contributed by atoms with Gasteiger partial charge < -0.3 is 4.98 Å². The van der Waals surface area contributed by atoms with Gasteiger partial charge in [0.25, 0.3) is 0 Å². The van der Waals surface area contributed by atoms with Crippen LogP contribution in [0.5, 0.6) is 0 Å². The van der Waals surface area contributed by atoms with E-state index in [9.17, 15) is 9.18 Å². The third-order valence-corrected chi connectivity index (χ3v) is 5.86. The van der Waals surface area contributed by atoms with Crippen LogP contribution in [-0.2, 0) is 6.54 Å². The average molecular weight is 402 g/mol. The summed E-state index contributed by atoms with van der Waals surface area (Å²) >= 11 is 0. The number of aromatic amines is 1. The van der Waals surface area contributed by atoms with Crippen LogP contribution < -0.4 is 5.69 Å². The summed E-state index contributed by atoms with van der Waals surface area (Å²) < 4.78 is 15.3. The highest BCUT2D eigenvalue weighted by Crippen LogP contribution is 2.26. The van der Waals surface area contributed by atoms with Gasteiger partial charge in [-0.2, -0.15) is 0 Å². The Morgan fingerprint density at radius 1 is 1.00 bits per heavy atom. The van der Waals surface area contributed by atoms with Gasteiger partial charge in [0.1, 0.15) is 5.82 Å². The number of H-pyrrole nitrogens is 1. The molecule has 0 unspecified atom stereocenters. The Morgan fingerprint density at radius 2 is 1.80 bits per heavy atom. The predicted molar refractivity (Wildman–Crippen MR) is 116 cm³/mol. The Balaban J connectivity index is 1.28. The summed E-state index contributed by atoms with van der Waals surface area (Å²) in [5.41, 5.74) is 4.33. The first-order chi connectivity index (χ1) is 14.7. The van der Waals surface area contributed by atoms with Gasteiger partial charge in [0, 0.05) is 31.2 Å². The van der Waals surface area contributed by atoms with Crippen LogP contribution in [0.25, 0.3) is 22.3 Å². The number of fused-ring (bicyclic) bond motifs is 1. The maximum atomic E-state index is 13.5. The van der Waals surface area contributed by atoms with E-state index in [1.165, 1.54) is 12.1 Å². The molecule has 2 aromatic heterocycles. The van der Waals surface area contributed by atoms with Crippen LogP contribution in [0, 0.1) is 5.82 Å². The molecule has 5 nitrogen and oxygen atoms in total. The van der Waals surface area contributed by atoms with Crippen LogP contribution in [0.4, 0.5) is 4.39 Å². The molecule has 0 bridgehead atoms. The highest BCUT2D eigenvalue weighted by molar-refractivity contribution is 5.75. The molecule has 1 aliphatic rings. The molecule has 0 spiro atoms. The number of hydrogen-bond donors (Lipinski definition) is 1. The van der Waals surface area contributed by atoms with Crippen molar-refractivity contribution in [1.82, 2.24) is 19.4 Å². The van der Waals surface area contributed by atoms with Gasteiger partial charge in [-0.05, 0) is 43.2 Å². The number of nitrogens with one attached hydrogen (secondary N) is 1. The number of pyridine rings is 1. The zero-order valence-electron chi connectivity index (χ0n) is 16.6. The molecule has 4 aromatic rings. The van der Waals surface area contributed by atoms with Crippen molar-refractivity contribution in [2.75, 3.05) is 13.1 Å². The Kier molecular flexibility index (Phi) is 4.93. The standard InChI is InChI=1S/C24H23FN4O/c25-18-9-10-23-22(15-18)27-24(30)29(23)20-11-13-28(14-12-20)16-19-7-4-8-21(26-19)17-5-2-1-3-6-17/h1-10,15,20H,11-14,16H2,(H,27,30). The molecule has 2 aromatic carbocycles. The second-order valence-electron chi connectivity index (χ2n) is 7.85. The van der Waals surface area contributed by atoms with E-state index in [4.69, 9.17) is 4.98 Å². The molecule has 152 valence electrons. The van der Waals surface area contributed by atoms with Crippen molar-refractivity contribution in [3.05, 3.63) is 88.7 Å². The van der Waals surface area contributed by atoms with Crippen LogP contribution in [-0.4, -0.2) is 32.5 Å². The smallest absolute Gasteiger partial charge is 0.305 e. The van der Waals surface area contributed by atoms with Gasteiger partial charge in [-0.15, -0.1) is 0 Å². The van der Waals surface area contributed by atoms with Crippen molar-refractivity contribution in [2.24, 2.45) is 0 Å². The maximum absolute atomic E-state index is 13.5. The van der Waals surface area contributed by atoms with Crippen molar-refractivity contribution in [3.8, 4) is 11.3 Å². The van der Waals surface area contributed by atoms with Gasteiger partial charge in [-0.3, -0.25) is 14.5 Å². The lowest BCUT2D eigenvalue weighted by Crippen LogP contribution is -2.36. The molecular formula is C24H23FN4O. The minimum absolute atomic E-state index is 0.122. The molecule has 5 rings (SSSR count). The van der Waals surface area contributed by atoms with Crippen LogP contribution in [0.15, 0.2) is 71.5 Å². The molecule has 1 aliphatic heterocycles. The molecule has 0 amide bonds. The summed E-state index contributed by atoms with van der Waals surface area (Å²) in [6.07, 6.45) is 1.76. The van der Waals surface area contributed by atoms with Gasteiger partial charge in [0.05, 0.1) is 22.4 Å². The largest absolute Gasteiger partial charge is 0.326 e. The molecular weight excluding hydrogens is 379 g/mol. The Bertz CT molecular complexity index is 1220. The van der Waals surface area contributed by atoms with E-state index in [0.717, 1.165) is 54.9 Å². The molecule has 0 saturated carbocycles. The monoisotopic (exact) mass is 402 g/mol. The second-order valence-corrected chi connectivity index (χ2v) is 7.85.